The number of anilines is 4. The van der Waals surface area contributed by atoms with Crippen LogP contribution in [0.2, 0.25) is 0 Å². The molecule has 1 saturated carbocycles. The summed E-state index contributed by atoms with van der Waals surface area (Å²) < 4.78 is 16.9. The number of carbonyl (C=O) groups excluding carboxylic acids is 1. The number of carbonyl (C=O) groups is 1. The highest BCUT2D eigenvalue weighted by Gasteiger charge is 2.24. The summed E-state index contributed by atoms with van der Waals surface area (Å²) in [5.41, 5.74) is 7.40. The zero-order valence-corrected chi connectivity index (χ0v) is 18.2. The van der Waals surface area contributed by atoms with Gasteiger partial charge in [-0.3, -0.25) is 4.79 Å². The van der Waals surface area contributed by atoms with Crippen LogP contribution in [0.4, 0.5) is 23.1 Å². The van der Waals surface area contributed by atoms with Crippen molar-refractivity contribution in [2.24, 2.45) is 5.73 Å². The number of nitrogens with zero attached hydrogens (tertiary/aromatic N) is 2. The Labute approximate surface area is 187 Å². The fourth-order valence-corrected chi connectivity index (χ4v) is 3.33. The summed E-state index contributed by atoms with van der Waals surface area (Å²) in [6.45, 7) is 2.57. The van der Waals surface area contributed by atoms with Crippen LogP contribution in [0.15, 0.2) is 24.4 Å². The summed E-state index contributed by atoms with van der Waals surface area (Å²) in [4.78, 5) is 20.4. The van der Waals surface area contributed by atoms with E-state index in [1.165, 1.54) is 6.20 Å². The molecule has 1 aliphatic heterocycles. The average molecular weight is 443 g/mol. The van der Waals surface area contributed by atoms with Crippen molar-refractivity contribution in [3.63, 3.8) is 0 Å². The molecule has 172 valence electrons. The Morgan fingerprint density at radius 3 is 2.94 bits per heavy atom. The van der Waals surface area contributed by atoms with Gasteiger partial charge in [0, 0.05) is 44.8 Å². The molecule has 0 bridgehead atoms. The normalized spacial score (nSPS) is 17.5. The number of benzene rings is 1. The molecule has 1 atom stereocenters. The van der Waals surface area contributed by atoms with E-state index in [9.17, 15) is 4.79 Å². The molecular formula is C22H30N6O4. The molecule has 1 aromatic heterocycles. The summed E-state index contributed by atoms with van der Waals surface area (Å²) in [6, 6.07) is 6.06. The minimum absolute atomic E-state index is 0.0258. The second-order valence-electron chi connectivity index (χ2n) is 7.96. The lowest BCUT2D eigenvalue weighted by Crippen LogP contribution is -2.27. The van der Waals surface area contributed by atoms with Crippen LogP contribution in [-0.4, -0.2) is 61.5 Å². The molecule has 10 heteroatoms. The third-order valence-corrected chi connectivity index (χ3v) is 5.25. The summed E-state index contributed by atoms with van der Waals surface area (Å²) in [5, 5.41) is 9.82. The van der Waals surface area contributed by atoms with Crippen LogP contribution >= 0.6 is 0 Å². The molecule has 1 amide bonds. The number of amides is 1. The van der Waals surface area contributed by atoms with Gasteiger partial charge in [0.2, 0.25) is 5.95 Å². The SMILES string of the molecule is COCCCCO[C@H]1CNc2cc(Nc3ncc(C(N)=O)c(NC4CC4)n3)ccc2OC1. The monoisotopic (exact) mass is 442 g/mol. The molecule has 32 heavy (non-hydrogen) atoms. The molecule has 0 radical (unpaired) electrons. The molecule has 0 spiro atoms. The topological polar surface area (TPSA) is 133 Å². The molecule has 1 aliphatic carbocycles. The molecule has 10 nitrogen and oxygen atoms in total. The second-order valence-corrected chi connectivity index (χ2v) is 7.96. The quantitative estimate of drug-likeness (QED) is 0.387. The van der Waals surface area contributed by atoms with Gasteiger partial charge in [0.15, 0.2) is 0 Å². The maximum absolute atomic E-state index is 11.7. The fraction of sp³-hybridized carbons (Fsp3) is 0.500. The first kappa shape index (κ1) is 22.1. The van der Waals surface area contributed by atoms with Crippen molar-refractivity contribution in [3.05, 3.63) is 30.0 Å². The van der Waals surface area contributed by atoms with Crippen molar-refractivity contribution in [1.82, 2.24) is 9.97 Å². The first-order valence-electron chi connectivity index (χ1n) is 10.9. The number of hydrogen-bond acceptors (Lipinski definition) is 9. The second kappa shape index (κ2) is 10.5. The number of primary amides is 1. The van der Waals surface area contributed by atoms with E-state index in [2.05, 4.69) is 25.9 Å². The van der Waals surface area contributed by atoms with E-state index in [1.807, 2.05) is 18.2 Å². The molecule has 0 saturated heterocycles. The largest absolute Gasteiger partial charge is 0.489 e. The first-order chi connectivity index (χ1) is 15.6. The van der Waals surface area contributed by atoms with Crippen LogP contribution in [-0.2, 0) is 9.47 Å². The van der Waals surface area contributed by atoms with Gasteiger partial charge in [0.1, 0.15) is 24.3 Å². The molecule has 0 unspecified atom stereocenters. The van der Waals surface area contributed by atoms with Gasteiger partial charge in [0.05, 0.1) is 11.3 Å². The van der Waals surface area contributed by atoms with Gasteiger partial charge in [-0.2, -0.15) is 4.98 Å². The number of hydrogen-bond donors (Lipinski definition) is 4. The standard InChI is InChI=1S/C22H30N6O4/c1-30-8-2-3-9-31-16-11-24-18-10-15(6-7-19(18)32-13-16)27-22-25-12-17(20(23)29)21(28-22)26-14-4-5-14/h6-7,10,12,14,16,24H,2-5,8-9,11,13H2,1H3,(H2,23,29)(H2,25,26,27,28)/t16-/m0/s1. The lowest BCUT2D eigenvalue weighted by atomic mass is 10.2. The van der Waals surface area contributed by atoms with Gasteiger partial charge in [0.25, 0.3) is 5.91 Å². The van der Waals surface area contributed by atoms with E-state index in [-0.39, 0.29) is 11.7 Å². The number of nitrogens with two attached hydrogens (primary N) is 1. The van der Waals surface area contributed by atoms with Crippen LogP contribution in [0.3, 0.4) is 0 Å². The van der Waals surface area contributed by atoms with Crippen molar-refractivity contribution in [2.45, 2.75) is 37.8 Å². The lowest BCUT2D eigenvalue weighted by Gasteiger charge is -2.15. The Morgan fingerprint density at radius 1 is 1.31 bits per heavy atom. The number of methoxy groups -OCH3 is 1. The molecule has 5 N–H and O–H groups in total. The van der Waals surface area contributed by atoms with Crippen LogP contribution in [0.25, 0.3) is 0 Å². The van der Waals surface area contributed by atoms with Crippen molar-refractivity contribution >= 4 is 29.0 Å². The number of fused-ring (bicyclic) bond motifs is 1. The maximum Gasteiger partial charge on any atom is 0.254 e. The number of ether oxygens (including phenoxy) is 3. The van der Waals surface area contributed by atoms with Gasteiger partial charge in [-0.1, -0.05) is 0 Å². The van der Waals surface area contributed by atoms with Crippen LogP contribution < -0.4 is 26.4 Å². The summed E-state index contributed by atoms with van der Waals surface area (Å²) in [6.07, 6.45) is 5.47. The smallest absolute Gasteiger partial charge is 0.254 e. The highest BCUT2D eigenvalue weighted by Crippen LogP contribution is 2.31. The highest BCUT2D eigenvalue weighted by atomic mass is 16.5. The van der Waals surface area contributed by atoms with Gasteiger partial charge in [-0.05, 0) is 43.9 Å². The third kappa shape index (κ3) is 5.98. The Bertz CT molecular complexity index is 937. The zero-order chi connectivity index (χ0) is 22.3. The summed E-state index contributed by atoms with van der Waals surface area (Å²) >= 11 is 0. The van der Waals surface area contributed by atoms with E-state index in [4.69, 9.17) is 19.9 Å². The molecule has 2 aliphatic rings. The number of nitrogens with one attached hydrogen (secondary N) is 3. The zero-order valence-electron chi connectivity index (χ0n) is 18.2. The number of rotatable bonds is 11. The molecule has 4 rings (SSSR count). The molecule has 2 heterocycles. The van der Waals surface area contributed by atoms with Gasteiger partial charge >= 0.3 is 0 Å². The lowest BCUT2D eigenvalue weighted by molar-refractivity contribution is 0.0271. The van der Waals surface area contributed by atoms with Crippen molar-refractivity contribution in [3.8, 4) is 5.75 Å². The summed E-state index contributed by atoms with van der Waals surface area (Å²) in [5.74, 6) is 1.05. The Kier molecular flexibility index (Phi) is 7.23. The molecular weight excluding hydrogens is 412 g/mol. The molecule has 1 fully saturated rings. The van der Waals surface area contributed by atoms with Crippen LogP contribution in [0.1, 0.15) is 36.0 Å². The Morgan fingerprint density at radius 2 is 2.16 bits per heavy atom. The van der Waals surface area contributed by atoms with Gasteiger partial charge in [-0.25, -0.2) is 4.98 Å². The maximum atomic E-state index is 11.7. The van der Waals surface area contributed by atoms with E-state index in [1.54, 1.807) is 7.11 Å². The van der Waals surface area contributed by atoms with Gasteiger partial charge < -0.3 is 35.9 Å². The van der Waals surface area contributed by atoms with E-state index >= 15 is 0 Å². The number of unbranched alkanes of at least 4 members (excludes halogenated alkanes) is 1. The first-order valence-corrected chi connectivity index (χ1v) is 10.9. The van der Waals surface area contributed by atoms with Crippen LogP contribution in [0.5, 0.6) is 5.75 Å². The van der Waals surface area contributed by atoms with E-state index < -0.39 is 5.91 Å². The average Bonchev–Trinajstić information content (AvgIpc) is 3.61. The van der Waals surface area contributed by atoms with E-state index in [0.29, 0.717) is 37.6 Å². The van der Waals surface area contributed by atoms with Crippen molar-refractivity contribution < 1.29 is 19.0 Å². The van der Waals surface area contributed by atoms with E-state index in [0.717, 1.165) is 49.4 Å². The molecule has 2 aromatic rings. The summed E-state index contributed by atoms with van der Waals surface area (Å²) in [7, 11) is 1.70. The predicted octanol–water partition coefficient (Wildman–Crippen LogP) is 2.51. The Balaban J connectivity index is 1.37. The highest BCUT2D eigenvalue weighted by molar-refractivity contribution is 5.97. The van der Waals surface area contributed by atoms with Gasteiger partial charge in [-0.15, -0.1) is 0 Å². The number of aromatic nitrogens is 2. The van der Waals surface area contributed by atoms with Crippen molar-refractivity contribution in [2.75, 3.05) is 49.4 Å². The van der Waals surface area contributed by atoms with Crippen molar-refractivity contribution in [1.29, 1.82) is 0 Å². The molecule has 1 aromatic carbocycles. The minimum Gasteiger partial charge on any atom is -0.489 e. The fourth-order valence-electron chi connectivity index (χ4n) is 3.33. The van der Waals surface area contributed by atoms with Crippen LogP contribution in [0, 0.1) is 0 Å². The Hall–Kier alpha value is -3.11. The third-order valence-electron chi connectivity index (χ3n) is 5.25. The predicted molar refractivity (Wildman–Crippen MR) is 122 cm³/mol. The minimum atomic E-state index is -0.554.